The molecule has 4 aromatic carbocycles. The van der Waals surface area contributed by atoms with Crippen molar-refractivity contribution in [1.82, 2.24) is 0 Å². The van der Waals surface area contributed by atoms with Crippen molar-refractivity contribution in [3.05, 3.63) is 108 Å². The number of rotatable bonds is 7. The first kappa shape index (κ1) is 23.3. The van der Waals surface area contributed by atoms with Gasteiger partial charge in [0, 0.05) is 16.9 Å². The molecule has 34 heavy (non-hydrogen) atoms. The summed E-state index contributed by atoms with van der Waals surface area (Å²) in [6, 6.07) is 33.3. The second-order valence-corrected chi connectivity index (χ2v) is 8.78. The Labute approximate surface area is 202 Å². The van der Waals surface area contributed by atoms with Crippen molar-refractivity contribution in [3.8, 4) is 16.9 Å². The lowest BCUT2D eigenvalue weighted by atomic mass is 10.0. The number of hydrogen-bond acceptors (Lipinski definition) is 3. The summed E-state index contributed by atoms with van der Waals surface area (Å²) in [5.41, 5.74) is 7.89. The average Bonchev–Trinajstić information content (AvgIpc) is 2.87. The first-order valence-corrected chi connectivity index (χ1v) is 11.8. The van der Waals surface area contributed by atoms with Crippen molar-refractivity contribution in [1.29, 1.82) is 0 Å². The largest absolute Gasteiger partial charge is 0.426 e. The topological polar surface area (TPSA) is 29.5 Å². The third-order valence-corrected chi connectivity index (χ3v) is 6.13. The lowest BCUT2D eigenvalue weighted by Crippen LogP contribution is -2.16. The number of ether oxygens (including phenoxy) is 1. The molecule has 1 unspecified atom stereocenters. The Bertz CT molecular complexity index is 1200. The van der Waals surface area contributed by atoms with Gasteiger partial charge >= 0.3 is 5.97 Å². The molecule has 0 fully saturated rings. The maximum Gasteiger partial charge on any atom is 0.314 e. The van der Waals surface area contributed by atoms with Crippen molar-refractivity contribution >= 4 is 23.0 Å². The number of esters is 1. The molecule has 0 saturated carbocycles. The molecule has 172 valence electrons. The van der Waals surface area contributed by atoms with Crippen LogP contribution in [-0.4, -0.2) is 5.97 Å². The smallest absolute Gasteiger partial charge is 0.314 e. The molecule has 4 rings (SSSR count). The molecule has 1 atom stereocenters. The van der Waals surface area contributed by atoms with Crippen LogP contribution in [0.1, 0.15) is 31.4 Å². The molecule has 0 saturated heterocycles. The van der Waals surface area contributed by atoms with Gasteiger partial charge in [0.15, 0.2) is 0 Å². The normalized spacial score (nSPS) is 11.6. The number of hydrogen-bond donors (Lipinski definition) is 0. The third-order valence-electron chi connectivity index (χ3n) is 6.13. The molecule has 3 nitrogen and oxygen atoms in total. The van der Waals surface area contributed by atoms with Gasteiger partial charge in [-0.1, -0.05) is 79.6 Å². The monoisotopic (exact) mass is 449 g/mol. The SMILES string of the molecule is CCC(C)C(=O)Oc1ccc(-c2ccccc2N(c2ccc(C)cc2)c2ccc(C)cc2)cc1. The summed E-state index contributed by atoms with van der Waals surface area (Å²) in [7, 11) is 0. The fourth-order valence-electron chi connectivity index (χ4n) is 3.81. The highest BCUT2D eigenvalue weighted by molar-refractivity contribution is 5.88. The maximum absolute atomic E-state index is 12.2. The van der Waals surface area contributed by atoms with Crippen LogP contribution in [0.15, 0.2) is 97.1 Å². The predicted octanol–water partition coefficient (Wildman–Crippen LogP) is 8.39. The Hall–Kier alpha value is -3.85. The van der Waals surface area contributed by atoms with Gasteiger partial charge in [-0.2, -0.15) is 0 Å². The number of nitrogens with zero attached hydrogens (tertiary/aromatic N) is 1. The van der Waals surface area contributed by atoms with Crippen LogP contribution in [0.25, 0.3) is 11.1 Å². The summed E-state index contributed by atoms with van der Waals surface area (Å²) in [5, 5.41) is 0. The zero-order valence-corrected chi connectivity index (χ0v) is 20.3. The molecule has 0 N–H and O–H groups in total. The average molecular weight is 450 g/mol. The first-order valence-electron chi connectivity index (χ1n) is 11.8. The molecular formula is C31H31NO2. The standard InChI is InChI=1S/C31H31NO2/c1-5-24(4)31(33)34-28-20-14-25(15-21-28)29-8-6-7-9-30(29)32(26-16-10-22(2)11-17-26)27-18-12-23(3)13-19-27/h6-21,24H,5H2,1-4H3. The van der Waals surface area contributed by atoms with Crippen LogP contribution in [-0.2, 0) is 4.79 Å². The minimum absolute atomic E-state index is 0.113. The van der Waals surface area contributed by atoms with E-state index in [2.05, 4.69) is 91.5 Å². The molecular weight excluding hydrogens is 418 g/mol. The number of carbonyl (C=O) groups excluding carboxylic acids is 1. The summed E-state index contributed by atoms with van der Waals surface area (Å²) in [6.07, 6.45) is 0.762. The van der Waals surface area contributed by atoms with E-state index in [0.29, 0.717) is 5.75 Å². The van der Waals surface area contributed by atoms with Gasteiger partial charge in [-0.25, -0.2) is 0 Å². The third kappa shape index (κ3) is 5.20. The number of anilines is 3. The second kappa shape index (κ2) is 10.4. The minimum atomic E-state index is -0.194. The van der Waals surface area contributed by atoms with E-state index in [-0.39, 0.29) is 11.9 Å². The van der Waals surface area contributed by atoms with Crippen LogP contribution in [0, 0.1) is 19.8 Å². The highest BCUT2D eigenvalue weighted by Gasteiger charge is 2.17. The summed E-state index contributed by atoms with van der Waals surface area (Å²) < 4.78 is 5.55. The Morgan fingerprint density at radius 2 is 1.29 bits per heavy atom. The van der Waals surface area contributed by atoms with E-state index in [0.717, 1.165) is 34.6 Å². The molecule has 0 amide bonds. The van der Waals surface area contributed by atoms with Crippen LogP contribution in [0.4, 0.5) is 17.1 Å². The fourth-order valence-corrected chi connectivity index (χ4v) is 3.81. The van der Waals surface area contributed by atoms with Crippen molar-refractivity contribution in [2.24, 2.45) is 5.92 Å². The van der Waals surface area contributed by atoms with Crippen LogP contribution in [0.2, 0.25) is 0 Å². The highest BCUT2D eigenvalue weighted by Crippen LogP contribution is 2.41. The van der Waals surface area contributed by atoms with Gasteiger partial charge < -0.3 is 9.64 Å². The Balaban J connectivity index is 1.75. The van der Waals surface area contributed by atoms with Crippen LogP contribution >= 0.6 is 0 Å². The predicted molar refractivity (Wildman–Crippen MR) is 141 cm³/mol. The van der Waals surface area contributed by atoms with E-state index >= 15 is 0 Å². The second-order valence-electron chi connectivity index (χ2n) is 8.78. The lowest BCUT2D eigenvalue weighted by molar-refractivity contribution is -0.138. The highest BCUT2D eigenvalue weighted by atomic mass is 16.5. The van der Waals surface area contributed by atoms with E-state index < -0.39 is 0 Å². The van der Waals surface area contributed by atoms with E-state index in [1.54, 1.807) is 0 Å². The first-order chi connectivity index (χ1) is 16.5. The van der Waals surface area contributed by atoms with Crippen molar-refractivity contribution in [2.75, 3.05) is 4.90 Å². The molecule has 3 heteroatoms. The zero-order chi connectivity index (χ0) is 24.1. The molecule has 0 aromatic heterocycles. The van der Waals surface area contributed by atoms with Crippen molar-refractivity contribution in [3.63, 3.8) is 0 Å². The summed E-state index contributed by atoms with van der Waals surface area (Å²) >= 11 is 0. The molecule has 0 radical (unpaired) electrons. The van der Waals surface area contributed by atoms with Gasteiger partial charge in [0.1, 0.15) is 5.75 Å². The van der Waals surface area contributed by atoms with Gasteiger partial charge in [0.2, 0.25) is 0 Å². The van der Waals surface area contributed by atoms with Crippen molar-refractivity contribution < 1.29 is 9.53 Å². The van der Waals surface area contributed by atoms with Gasteiger partial charge in [0.05, 0.1) is 11.6 Å². The molecule has 0 aliphatic rings. The molecule has 4 aromatic rings. The van der Waals surface area contributed by atoms with Crippen LogP contribution in [0.5, 0.6) is 5.75 Å². The summed E-state index contributed by atoms with van der Waals surface area (Å²) in [5.74, 6) is 0.263. The van der Waals surface area contributed by atoms with Gasteiger partial charge in [-0.15, -0.1) is 0 Å². The lowest BCUT2D eigenvalue weighted by Gasteiger charge is -2.28. The zero-order valence-electron chi connectivity index (χ0n) is 20.3. The van der Waals surface area contributed by atoms with E-state index in [9.17, 15) is 4.79 Å². The van der Waals surface area contributed by atoms with E-state index in [1.165, 1.54) is 11.1 Å². The Kier molecular flexibility index (Phi) is 7.12. The number of benzene rings is 4. The van der Waals surface area contributed by atoms with Gasteiger partial charge in [0.25, 0.3) is 0 Å². The maximum atomic E-state index is 12.2. The quantitative estimate of drug-likeness (QED) is 0.210. The van der Waals surface area contributed by atoms with E-state index in [4.69, 9.17) is 4.74 Å². The number of aryl methyl sites for hydroxylation is 2. The van der Waals surface area contributed by atoms with Gasteiger partial charge in [-0.3, -0.25) is 4.79 Å². The number of para-hydroxylation sites is 1. The number of carbonyl (C=O) groups is 1. The van der Waals surface area contributed by atoms with Crippen molar-refractivity contribution in [2.45, 2.75) is 34.1 Å². The molecule has 0 spiro atoms. The van der Waals surface area contributed by atoms with E-state index in [1.807, 2.05) is 38.1 Å². The fraction of sp³-hybridized carbons (Fsp3) is 0.194. The summed E-state index contributed by atoms with van der Waals surface area (Å²) in [6.45, 7) is 8.07. The van der Waals surface area contributed by atoms with Gasteiger partial charge in [-0.05, 0) is 68.3 Å². The molecule has 0 aliphatic carbocycles. The van der Waals surface area contributed by atoms with Crippen LogP contribution < -0.4 is 9.64 Å². The van der Waals surface area contributed by atoms with Crippen LogP contribution in [0.3, 0.4) is 0 Å². The molecule has 0 heterocycles. The Morgan fingerprint density at radius 1 is 0.765 bits per heavy atom. The minimum Gasteiger partial charge on any atom is -0.426 e. The molecule has 0 bridgehead atoms. The summed E-state index contributed by atoms with van der Waals surface area (Å²) in [4.78, 5) is 14.5. The molecule has 0 aliphatic heterocycles. The Morgan fingerprint density at radius 3 is 1.82 bits per heavy atom.